The average Bonchev–Trinajstić information content (AvgIpc) is 2.78. The maximum Gasteiger partial charge on any atom is 0.117 e. The quantitative estimate of drug-likeness (QED) is 0.694. The minimum absolute atomic E-state index is 0.420. The Morgan fingerprint density at radius 2 is 2.23 bits per heavy atom. The van der Waals surface area contributed by atoms with Crippen molar-refractivity contribution in [2.24, 2.45) is 5.41 Å². The molecule has 2 nitrogen and oxygen atoms in total. The first kappa shape index (κ1) is 9.41. The molecule has 0 aromatic heterocycles. The summed E-state index contributed by atoms with van der Waals surface area (Å²) >= 11 is 0. The monoisotopic (exact) mass is 187 g/mol. The SMILES string of the molecule is OC(CF)CNC1CCCC12CC2. The average molecular weight is 187 g/mol. The van der Waals surface area contributed by atoms with Crippen molar-refractivity contribution in [3.63, 3.8) is 0 Å². The van der Waals surface area contributed by atoms with E-state index in [-0.39, 0.29) is 0 Å². The summed E-state index contributed by atoms with van der Waals surface area (Å²) in [6, 6.07) is 0.550. The molecule has 2 fully saturated rings. The molecule has 0 radical (unpaired) electrons. The number of halogens is 1. The van der Waals surface area contributed by atoms with Crippen LogP contribution in [0.25, 0.3) is 0 Å². The fraction of sp³-hybridized carbons (Fsp3) is 1.00. The molecule has 0 saturated heterocycles. The Balaban J connectivity index is 1.75. The molecule has 2 unspecified atom stereocenters. The van der Waals surface area contributed by atoms with Gasteiger partial charge < -0.3 is 10.4 Å². The van der Waals surface area contributed by atoms with Gasteiger partial charge in [0, 0.05) is 12.6 Å². The summed E-state index contributed by atoms with van der Waals surface area (Å²) in [5.41, 5.74) is 0.552. The summed E-state index contributed by atoms with van der Waals surface area (Å²) in [4.78, 5) is 0. The first-order valence-electron chi connectivity index (χ1n) is 5.24. The number of nitrogens with one attached hydrogen (secondary N) is 1. The minimum Gasteiger partial charge on any atom is -0.389 e. The van der Waals surface area contributed by atoms with E-state index in [1.165, 1.54) is 32.1 Å². The summed E-state index contributed by atoms with van der Waals surface area (Å²) in [6.07, 6.45) is 5.68. The van der Waals surface area contributed by atoms with Crippen molar-refractivity contribution in [3.05, 3.63) is 0 Å². The Kier molecular flexibility index (Phi) is 2.56. The van der Waals surface area contributed by atoms with Crippen molar-refractivity contribution in [2.75, 3.05) is 13.2 Å². The molecule has 2 aliphatic rings. The van der Waals surface area contributed by atoms with E-state index >= 15 is 0 Å². The van der Waals surface area contributed by atoms with Gasteiger partial charge in [-0.15, -0.1) is 0 Å². The molecule has 2 aliphatic carbocycles. The van der Waals surface area contributed by atoms with Crippen LogP contribution in [0.5, 0.6) is 0 Å². The fourth-order valence-electron chi connectivity index (χ4n) is 2.55. The van der Waals surface area contributed by atoms with Crippen LogP contribution in [0.3, 0.4) is 0 Å². The van der Waals surface area contributed by atoms with Crippen molar-refractivity contribution in [2.45, 2.75) is 44.2 Å². The molecule has 2 atom stereocenters. The largest absolute Gasteiger partial charge is 0.389 e. The summed E-state index contributed by atoms with van der Waals surface area (Å²) < 4.78 is 12.0. The zero-order chi connectivity index (χ0) is 9.31. The molecule has 0 amide bonds. The number of hydrogen-bond acceptors (Lipinski definition) is 2. The lowest BCUT2D eigenvalue weighted by atomic mass is 10.0. The Morgan fingerprint density at radius 1 is 1.46 bits per heavy atom. The van der Waals surface area contributed by atoms with E-state index in [9.17, 15) is 4.39 Å². The Hall–Kier alpha value is -0.150. The number of rotatable bonds is 4. The van der Waals surface area contributed by atoms with Gasteiger partial charge in [-0.25, -0.2) is 4.39 Å². The van der Waals surface area contributed by atoms with Crippen molar-refractivity contribution in [1.82, 2.24) is 5.32 Å². The highest BCUT2D eigenvalue weighted by molar-refractivity contribution is 5.06. The van der Waals surface area contributed by atoms with Gasteiger partial charge in [0.25, 0.3) is 0 Å². The summed E-state index contributed by atoms with van der Waals surface area (Å²) in [5, 5.41) is 12.4. The van der Waals surface area contributed by atoms with Crippen LogP contribution < -0.4 is 5.32 Å². The number of hydrogen-bond donors (Lipinski definition) is 2. The van der Waals surface area contributed by atoms with Crippen molar-refractivity contribution >= 4 is 0 Å². The molecule has 1 spiro atoms. The van der Waals surface area contributed by atoms with Crippen LogP contribution >= 0.6 is 0 Å². The van der Waals surface area contributed by atoms with Crippen LogP contribution in [-0.4, -0.2) is 30.5 Å². The molecular weight excluding hydrogens is 169 g/mol. The maximum absolute atomic E-state index is 12.0. The predicted octanol–water partition coefficient (Wildman–Crippen LogP) is 1.24. The summed E-state index contributed by atoms with van der Waals surface area (Å²) in [7, 11) is 0. The van der Waals surface area contributed by atoms with Gasteiger partial charge in [0.05, 0.1) is 6.10 Å². The van der Waals surface area contributed by atoms with Crippen LogP contribution in [0.2, 0.25) is 0 Å². The van der Waals surface area contributed by atoms with Crippen LogP contribution in [0.1, 0.15) is 32.1 Å². The van der Waals surface area contributed by atoms with Gasteiger partial charge in [0.1, 0.15) is 6.67 Å². The Bertz CT molecular complexity index is 182. The van der Waals surface area contributed by atoms with Crippen molar-refractivity contribution in [3.8, 4) is 0 Å². The lowest BCUT2D eigenvalue weighted by Gasteiger charge is -2.21. The van der Waals surface area contributed by atoms with Crippen LogP contribution in [0.15, 0.2) is 0 Å². The molecule has 0 aliphatic heterocycles. The van der Waals surface area contributed by atoms with E-state index < -0.39 is 12.8 Å². The van der Waals surface area contributed by atoms with Crippen molar-refractivity contribution < 1.29 is 9.50 Å². The van der Waals surface area contributed by atoms with Crippen LogP contribution in [-0.2, 0) is 0 Å². The molecule has 13 heavy (non-hydrogen) atoms. The number of alkyl halides is 1. The van der Waals surface area contributed by atoms with E-state index in [2.05, 4.69) is 5.32 Å². The second-order valence-electron chi connectivity index (χ2n) is 4.52. The van der Waals surface area contributed by atoms with Gasteiger partial charge in [0.15, 0.2) is 0 Å². The second-order valence-corrected chi connectivity index (χ2v) is 4.52. The lowest BCUT2D eigenvalue weighted by Crippen LogP contribution is -2.39. The van der Waals surface area contributed by atoms with Crippen LogP contribution in [0.4, 0.5) is 4.39 Å². The molecule has 0 aromatic carbocycles. The summed E-state index contributed by atoms with van der Waals surface area (Å²) in [6.45, 7) is -0.213. The lowest BCUT2D eigenvalue weighted by molar-refractivity contribution is 0.131. The highest BCUT2D eigenvalue weighted by atomic mass is 19.1. The zero-order valence-corrected chi connectivity index (χ0v) is 7.93. The molecule has 3 heteroatoms. The first-order valence-corrected chi connectivity index (χ1v) is 5.24. The second kappa shape index (κ2) is 3.54. The smallest absolute Gasteiger partial charge is 0.117 e. The van der Waals surface area contributed by atoms with Gasteiger partial charge in [-0.1, -0.05) is 6.42 Å². The molecular formula is C10H18FNO. The predicted molar refractivity (Wildman–Crippen MR) is 49.3 cm³/mol. The van der Waals surface area contributed by atoms with E-state index in [0.29, 0.717) is 18.0 Å². The number of aliphatic hydroxyl groups excluding tert-OH is 1. The third kappa shape index (κ3) is 1.86. The zero-order valence-electron chi connectivity index (χ0n) is 7.93. The highest BCUT2D eigenvalue weighted by Gasteiger charge is 2.51. The third-order valence-corrected chi connectivity index (χ3v) is 3.58. The van der Waals surface area contributed by atoms with Gasteiger partial charge >= 0.3 is 0 Å². The molecule has 2 rings (SSSR count). The topological polar surface area (TPSA) is 32.3 Å². The fourth-order valence-corrected chi connectivity index (χ4v) is 2.55. The van der Waals surface area contributed by atoms with Crippen molar-refractivity contribution in [1.29, 1.82) is 0 Å². The van der Waals surface area contributed by atoms with Gasteiger partial charge in [-0.2, -0.15) is 0 Å². The molecule has 0 aromatic rings. The molecule has 76 valence electrons. The van der Waals surface area contributed by atoms with Gasteiger partial charge in [-0.3, -0.25) is 0 Å². The van der Waals surface area contributed by atoms with E-state index in [0.717, 1.165) is 0 Å². The van der Waals surface area contributed by atoms with E-state index in [1.54, 1.807) is 0 Å². The normalized spacial score (nSPS) is 32.3. The first-order chi connectivity index (χ1) is 6.27. The van der Waals surface area contributed by atoms with Gasteiger partial charge in [-0.05, 0) is 31.1 Å². The Labute approximate surface area is 78.5 Å². The maximum atomic E-state index is 12.0. The summed E-state index contributed by atoms with van der Waals surface area (Å²) in [5.74, 6) is 0. The standard InChI is InChI=1S/C10H18FNO/c11-6-8(13)7-12-9-2-1-3-10(9)4-5-10/h8-9,12-13H,1-7H2. The van der Waals surface area contributed by atoms with E-state index in [1.807, 2.05) is 0 Å². The highest BCUT2D eigenvalue weighted by Crippen LogP contribution is 2.57. The minimum atomic E-state index is -0.809. The number of aliphatic hydroxyl groups is 1. The van der Waals surface area contributed by atoms with Crippen LogP contribution in [0, 0.1) is 5.41 Å². The molecule has 2 saturated carbocycles. The molecule has 0 bridgehead atoms. The van der Waals surface area contributed by atoms with Gasteiger partial charge in [0.2, 0.25) is 0 Å². The third-order valence-electron chi connectivity index (χ3n) is 3.58. The van der Waals surface area contributed by atoms with E-state index in [4.69, 9.17) is 5.11 Å². The molecule has 0 heterocycles. The Morgan fingerprint density at radius 3 is 2.85 bits per heavy atom. The molecule has 2 N–H and O–H groups in total.